The standard InChI is InChI=1S/C23H21FO4/c1-2-12-3-6-15(27-14-7-4-13(24)5-8-14)11-16(12)19-22(25)20-17-9-10-18(28-17)21(20)23(19)26/h3-8,11,17-18,20-21,25H,2,9-10H2,1H3/t17-,18+,20-,21+/m1/s1. The van der Waals surface area contributed by atoms with Crippen LogP contribution in [0.5, 0.6) is 11.5 Å². The van der Waals surface area contributed by atoms with Crippen molar-refractivity contribution in [3.63, 3.8) is 0 Å². The Kier molecular flexibility index (Phi) is 4.02. The first-order valence-corrected chi connectivity index (χ1v) is 9.76. The van der Waals surface area contributed by atoms with Crippen LogP contribution < -0.4 is 4.74 Å². The van der Waals surface area contributed by atoms with E-state index in [1.54, 1.807) is 18.2 Å². The van der Waals surface area contributed by atoms with E-state index in [2.05, 4.69) is 0 Å². The molecule has 0 spiro atoms. The number of hydrogen-bond acceptors (Lipinski definition) is 4. The van der Waals surface area contributed by atoms with Crippen molar-refractivity contribution < 1.29 is 23.8 Å². The lowest BCUT2D eigenvalue weighted by Gasteiger charge is -2.19. The van der Waals surface area contributed by atoms with Gasteiger partial charge in [0.05, 0.1) is 29.6 Å². The summed E-state index contributed by atoms with van der Waals surface area (Å²) in [5.41, 5.74) is 2.12. The van der Waals surface area contributed by atoms with Gasteiger partial charge in [-0.3, -0.25) is 4.79 Å². The number of rotatable bonds is 4. The second-order valence-electron chi connectivity index (χ2n) is 7.69. The summed E-state index contributed by atoms with van der Waals surface area (Å²) in [4.78, 5) is 13.2. The fourth-order valence-electron chi connectivity index (χ4n) is 4.89. The fourth-order valence-corrected chi connectivity index (χ4v) is 4.89. The molecule has 2 aromatic carbocycles. The van der Waals surface area contributed by atoms with Crippen LogP contribution in [0.15, 0.2) is 48.2 Å². The van der Waals surface area contributed by atoms with Crippen LogP contribution >= 0.6 is 0 Å². The van der Waals surface area contributed by atoms with Gasteiger partial charge >= 0.3 is 0 Å². The van der Waals surface area contributed by atoms with Crippen molar-refractivity contribution in [2.24, 2.45) is 11.8 Å². The normalized spacial score (nSPS) is 28.1. The number of ketones is 1. The van der Waals surface area contributed by atoms with Crippen LogP contribution in [0.3, 0.4) is 0 Å². The molecule has 2 fully saturated rings. The second kappa shape index (κ2) is 6.45. The van der Waals surface area contributed by atoms with E-state index >= 15 is 0 Å². The van der Waals surface area contributed by atoms with E-state index in [0.717, 1.165) is 30.4 Å². The number of halogens is 1. The van der Waals surface area contributed by atoms with Gasteiger partial charge in [0.15, 0.2) is 5.78 Å². The molecule has 0 radical (unpaired) electrons. The van der Waals surface area contributed by atoms with E-state index in [1.165, 1.54) is 12.1 Å². The largest absolute Gasteiger partial charge is 0.511 e. The lowest BCUT2D eigenvalue weighted by Crippen LogP contribution is -2.29. The minimum Gasteiger partial charge on any atom is -0.511 e. The first-order valence-electron chi connectivity index (χ1n) is 9.76. The molecule has 1 N–H and O–H groups in total. The first-order chi connectivity index (χ1) is 13.6. The molecule has 2 aromatic rings. The molecule has 2 bridgehead atoms. The smallest absolute Gasteiger partial charge is 0.173 e. The van der Waals surface area contributed by atoms with Gasteiger partial charge in [-0.15, -0.1) is 0 Å². The molecule has 5 heteroatoms. The third kappa shape index (κ3) is 2.57. The summed E-state index contributed by atoms with van der Waals surface area (Å²) in [6.45, 7) is 2.02. The van der Waals surface area contributed by atoms with Crippen LogP contribution in [0.1, 0.15) is 30.9 Å². The SMILES string of the molecule is CCc1ccc(Oc2ccc(F)cc2)cc1C1=C(O)[C@H]2[C@@H](C1=O)[C@@H]1CC[C@H]2O1. The summed E-state index contributed by atoms with van der Waals surface area (Å²) >= 11 is 0. The maximum absolute atomic E-state index is 13.2. The number of aryl methyl sites for hydroxylation is 1. The Labute approximate surface area is 162 Å². The Bertz CT molecular complexity index is 979. The minimum atomic E-state index is -0.329. The van der Waals surface area contributed by atoms with Crippen molar-refractivity contribution in [1.82, 2.24) is 0 Å². The number of carbonyl (C=O) groups excluding carboxylic acids is 1. The summed E-state index contributed by atoms with van der Waals surface area (Å²) in [6.07, 6.45) is 2.37. The Morgan fingerprint density at radius 2 is 1.75 bits per heavy atom. The zero-order valence-electron chi connectivity index (χ0n) is 15.5. The molecule has 0 aromatic heterocycles. The van der Waals surface area contributed by atoms with Gasteiger partial charge in [-0.1, -0.05) is 13.0 Å². The van der Waals surface area contributed by atoms with Crippen molar-refractivity contribution in [2.75, 3.05) is 0 Å². The fraction of sp³-hybridized carbons (Fsp3) is 0.348. The van der Waals surface area contributed by atoms with Crippen LogP contribution in [0.25, 0.3) is 5.57 Å². The zero-order chi connectivity index (χ0) is 19.4. The monoisotopic (exact) mass is 380 g/mol. The first kappa shape index (κ1) is 17.4. The highest BCUT2D eigenvalue weighted by Gasteiger charge is 2.59. The molecule has 4 nitrogen and oxygen atoms in total. The zero-order valence-corrected chi connectivity index (χ0v) is 15.5. The van der Waals surface area contributed by atoms with Crippen LogP contribution in [-0.2, 0) is 16.0 Å². The molecule has 0 unspecified atom stereocenters. The predicted molar refractivity (Wildman–Crippen MR) is 102 cm³/mol. The van der Waals surface area contributed by atoms with Gasteiger partial charge in [-0.05, 0) is 66.8 Å². The van der Waals surface area contributed by atoms with E-state index in [0.29, 0.717) is 17.1 Å². The van der Waals surface area contributed by atoms with E-state index in [1.807, 2.05) is 19.1 Å². The predicted octanol–water partition coefficient (Wildman–Crippen LogP) is 4.83. The number of carbonyl (C=O) groups is 1. The third-order valence-corrected chi connectivity index (χ3v) is 6.18. The summed E-state index contributed by atoms with van der Waals surface area (Å²) in [7, 11) is 0. The number of benzene rings is 2. The number of fused-ring (bicyclic) bond motifs is 5. The molecule has 144 valence electrons. The van der Waals surface area contributed by atoms with Gasteiger partial charge < -0.3 is 14.6 Å². The van der Waals surface area contributed by atoms with E-state index < -0.39 is 0 Å². The molecule has 2 saturated heterocycles. The highest BCUT2D eigenvalue weighted by Crippen LogP contribution is 2.54. The number of allylic oxidation sites excluding steroid dienone is 1. The lowest BCUT2D eigenvalue weighted by molar-refractivity contribution is -0.118. The van der Waals surface area contributed by atoms with Crippen molar-refractivity contribution >= 4 is 11.4 Å². The molecule has 0 saturated carbocycles. The molecule has 4 atom stereocenters. The van der Waals surface area contributed by atoms with E-state index in [-0.39, 0.29) is 41.4 Å². The summed E-state index contributed by atoms with van der Waals surface area (Å²) in [6, 6.07) is 11.3. The number of aliphatic hydroxyl groups excluding tert-OH is 1. The van der Waals surface area contributed by atoms with Gasteiger partial charge in [-0.25, -0.2) is 4.39 Å². The highest BCUT2D eigenvalue weighted by atomic mass is 19.1. The molecule has 1 aliphatic carbocycles. The number of hydrogen-bond donors (Lipinski definition) is 1. The van der Waals surface area contributed by atoms with Crippen LogP contribution in [0.2, 0.25) is 0 Å². The highest BCUT2D eigenvalue weighted by molar-refractivity contribution is 6.25. The number of aliphatic hydroxyl groups is 1. The quantitative estimate of drug-likeness (QED) is 0.826. The summed E-state index contributed by atoms with van der Waals surface area (Å²) in [5.74, 6) is 0.385. The summed E-state index contributed by atoms with van der Waals surface area (Å²) < 4.78 is 24.8. The Hall–Kier alpha value is -2.66. The maximum atomic E-state index is 13.2. The van der Waals surface area contributed by atoms with Crippen LogP contribution in [-0.4, -0.2) is 23.1 Å². The topological polar surface area (TPSA) is 55.8 Å². The molecule has 2 heterocycles. The van der Waals surface area contributed by atoms with Gasteiger partial charge in [0, 0.05) is 0 Å². The number of ether oxygens (including phenoxy) is 2. The lowest BCUT2D eigenvalue weighted by atomic mass is 9.80. The minimum absolute atomic E-state index is 0.0247. The Morgan fingerprint density at radius 3 is 2.43 bits per heavy atom. The molecule has 0 amide bonds. The molecular formula is C23H21FO4. The van der Waals surface area contributed by atoms with Crippen molar-refractivity contribution in [1.29, 1.82) is 0 Å². The Balaban J connectivity index is 1.53. The second-order valence-corrected chi connectivity index (χ2v) is 7.69. The van der Waals surface area contributed by atoms with E-state index in [4.69, 9.17) is 9.47 Å². The van der Waals surface area contributed by atoms with Crippen molar-refractivity contribution in [3.05, 3.63) is 65.2 Å². The summed E-state index contributed by atoms with van der Waals surface area (Å²) in [5, 5.41) is 10.9. The van der Waals surface area contributed by atoms with Crippen molar-refractivity contribution in [3.8, 4) is 11.5 Å². The van der Waals surface area contributed by atoms with Gasteiger partial charge in [0.25, 0.3) is 0 Å². The molecule has 3 aliphatic rings. The maximum Gasteiger partial charge on any atom is 0.173 e. The molecular weight excluding hydrogens is 359 g/mol. The Morgan fingerprint density at radius 1 is 1.07 bits per heavy atom. The van der Waals surface area contributed by atoms with Gasteiger partial charge in [-0.2, -0.15) is 0 Å². The van der Waals surface area contributed by atoms with Gasteiger partial charge in [0.2, 0.25) is 0 Å². The molecule has 2 aliphatic heterocycles. The molecule has 28 heavy (non-hydrogen) atoms. The van der Waals surface area contributed by atoms with Gasteiger partial charge in [0.1, 0.15) is 23.1 Å². The average molecular weight is 380 g/mol. The van der Waals surface area contributed by atoms with Crippen LogP contribution in [0.4, 0.5) is 4.39 Å². The number of Topliss-reactive ketones (excluding diaryl/α,β-unsaturated/α-hetero) is 1. The van der Waals surface area contributed by atoms with E-state index in [9.17, 15) is 14.3 Å². The molecule has 5 rings (SSSR count). The van der Waals surface area contributed by atoms with Crippen molar-refractivity contribution in [2.45, 2.75) is 38.4 Å². The average Bonchev–Trinajstić information content (AvgIpc) is 3.37. The van der Waals surface area contributed by atoms with Crippen LogP contribution in [0, 0.1) is 17.7 Å². The third-order valence-electron chi connectivity index (χ3n) is 6.18.